The van der Waals surface area contributed by atoms with Gasteiger partial charge in [-0.15, -0.1) is 6.58 Å². The molecule has 1 heterocycles. The molecule has 0 radical (unpaired) electrons. The van der Waals surface area contributed by atoms with Crippen molar-refractivity contribution >= 4 is 5.97 Å². The fourth-order valence-corrected chi connectivity index (χ4v) is 1.57. The highest BCUT2D eigenvalue weighted by atomic mass is 16.6. The Morgan fingerprint density at radius 1 is 1.58 bits per heavy atom. The summed E-state index contributed by atoms with van der Waals surface area (Å²) < 4.78 is 5.23. The van der Waals surface area contributed by atoms with Crippen LogP contribution in [0.3, 0.4) is 0 Å². The summed E-state index contributed by atoms with van der Waals surface area (Å²) in [6, 6.07) is 0. The van der Waals surface area contributed by atoms with Crippen molar-refractivity contribution in [3.05, 3.63) is 12.7 Å². The Bertz CT molecular complexity index is 198. The van der Waals surface area contributed by atoms with Crippen molar-refractivity contribution in [1.29, 1.82) is 0 Å². The van der Waals surface area contributed by atoms with Gasteiger partial charge in [-0.1, -0.05) is 26.8 Å². The van der Waals surface area contributed by atoms with Crippen LogP contribution in [0.1, 0.15) is 20.8 Å². The molecule has 1 aliphatic heterocycles. The quantitative estimate of drug-likeness (QED) is 0.465. The number of hydrogen-bond donors (Lipinski definition) is 0. The number of carbonyl (C=O) groups is 1. The first kappa shape index (κ1) is 9.30. The van der Waals surface area contributed by atoms with Gasteiger partial charge in [0.1, 0.15) is 6.10 Å². The van der Waals surface area contributed by atoms with Gasteiger partial charge in [0.2, 0.25) is 0 Å². The second-order valence-electron chi connectivity index (χ2n) is 3.64. The maximum atomic E-state index is 11.2. The van der Waals surface area contributed by atoms with E-state index in [2.05, 4.69) is 13.5 Å². The molecule has 0 unspecified atom stereocenters. The molecule has 12 heavy (non-hydrogen) atoms. The SMILES string of the molecule is C=C[C@H](C)[C@@H]1OC(=O)[C@@H](C)[C@H]1C. The van der Waals surface area contributed by atoms with E-state index in [1.54, 1.807) is 0 Å². The van der Waals surface area contributed by atoms with Gasteiger partial charge in [0.15, 0.2) is 0 Å². The number of esters is 1. The molecule has 0 spiro atoms. The third-order valence-electron chi connectivity index (χ3n) is 2.82. The van der Waals surface area contributed by atoms with Crippen LogP contribution in [0.15, 0.2) is 12.7 Å². The minimum absolute atomic E-state index is 0.0324. The minimum atomic E-state index is -0.0683. The Balaban J connectivity index is 2.70. The predicted octanol–water partition coefficient (Wildman–Crippen LogP) is 2.01. The summed E-state index contributed by atoms with van der Waals surface area (Å²) in [6.45, 7) is 9.70. The maximum Gasteiger partial charge on any atom is 0.309 e. The van der Waals surface area contributed by atoms with Crippen LogP contribution in [0.25, 0.3) is 0 Å². The number of cyclic esters (lactones) is 1. The van der Waals surface area contributed by atoms with Gasteiger partial charge in [0.25, 0.3) is 0 Å². The fraction of sp³-hybridized carbons (Fsp3) is 0.700. The largest absolute Gasteiger partial charge is 0.461 e. The zero-order valence-electron chi connectivity index (χ0n) is 7.91. The highest BCUT2D eigenvalue weighted by molar-refractivity contribution is 5.74. The molecule has 1 aliphatic rings. The standard InChI is InChI=1S/C10H16O2/c1-5-6(2)9-7(3)8(4)10(11)12-9/h5-9H,1H2,2-4H3/t6-,7+,8-,9-/m0/s1. The number of hydrogen-bond acceptors (Lipinski definition) is 2. The van der Waals surface area contributed by atoms with E-state index in [0.717, 1.165) is 0 Å². The molecule has 2 nitrogen and oxygen atoms in total. The van der Waals surface area contributed by atoms with Crippen molar-refractivity contribution < 1.29 is 9.53 Å². The number of ether oxygens (including phenoxy) is 1. The van der Waals surface area contributed by atoms with Crippen molar-refractivity contribution in [2.45, 2.75) is 26.9 Å². The Morgan fingerprint density at radius 3 is 2.50 bits per heavy atom. The van der Waals surface area contributed by atoms with Crippen LogP contribution in [-0.4, -0.2) is 12.1 Å². The van der Waals surface area contributed by atoms with Crippen LogP contribution < -0.4 is 0 Å². The smallest absolute Gasteiger partial charge is 0.309 e. The van der Waals surface area contributed by atoms with E-state index < -0.39 is 0 Å². The predicted molar refractivity (Wildman–Crippen MR) is 47.6 cm³/mol. The van der Waals surface area contributed by atoms with Crippen LogP contribution in [-0.2, 0) is 9.53 Å². The Kier molecular flexibility index (Phi) is 2.55. The van der Waals surface area contributed by atoms with Crippen LogP contribution in [0.2, 0.25) is 0 Å². The van der Waals surface area contributed by atoms with E-state index in [0.29, 0.717) is 5.92 Å². The van der Waals surface area contributed by atoms with Gasteiger partial charge >= 0.3 is 5.97 Å². The van der Waals surface area contributed by atoms with Gasteiger partial charge in [-0.25, -0.2) is 0 Å². The Morgan fingerprint density at radius 2 is 2.17 bits per heavy atom. The van der Waals surface area contributed by atoms with Gasteiger partial charge in [0.05, 0.1) is 5.92 Å². The van der Waals surface area contributed by atoms with Crippen LogP contribution in [0.5, 0.6) is 0 Å². The highest BCUT2D eigenvalue weighted by Gasteiger charge is 2.40. The van der Waals surface area contributed by atoms with E-state index in [1.807, 2.05) is 19.9 Å². The average Bonchev–Trinajstić information content (AvgIpc) is 2.32. The lowest BCUT2D eigenvalue weighted by Crippen LogP contribution is -2.22. The molecule has 0 aromatic rings. The zero-order chi connectivity index (χ0) is 9.30. The molecular formula is C10H16O2. The third kappa shape index (κ3) is 1.38. The van der Waals surface area contributed by atoms with Crippen molar-refractivity contribution in [2.75, 3.05) is 0 Å². The average molecular weight is 168 g/mol. The molecule has 0 amide bonds. The van der Waals surface area contributed by atoms with Gasteiger partial charge < -0.3 is 4.74 Å². The normalized spacial score (nSPS) is 37.6. The number of rotatable bonds is 2. The van der Waals surface area contributed by atoms with Gasteiger partial charge in [-0.05, 0) is 0 Å². The third-order valence-corrected chi connectivity index (χ3v) is 2.82. The first-order valence-corrected chi connectivity index (χ1v) is 4.41. The highest BCUT2D eigenvalue weighted by Crippen LogP contribution is 2.32. The molecule has 0 aromatic carbocycles. The molecule has 1 rings (SSSR count). The lowest BCUT2D eigenvalue weighted by molar-refractivity contribution is -0.144. The monoisotopic (exact) mass is 168 g/mol. The van der Waals surface area contributed by atoms with Crippen LogP contribution >= 0.6 is 0 Å². The molecule has 1 fully saturated rings. The molecule has 0 aliphatic carbocycles. The zero-order valence-corrected chi connectivity index (χ0v) is 7.91. The van der Waals surface area contributed by atoms with E-state index in [1.165, 1.54) is 0 Å². The van der Waals surface area contributed by atoms with Crippen LogP contribution in [0.4, 0.5) is 0 Å². The van der Waals surface area contributed by atoms with Gasteiger partial charge in [-0.3, -0.25) is 4.79 Å². The van der Waals surface area contributed by atoms with Crippen molar-refractivity contribution in [1.82, 2.24) is 0 Å². The molecule has 0 N–H and O–H groups in total. The first-order valence-electron chi connectivity index (χ1n) is 4.41. The lowest BCUT2D eigenvalue weighted by atomic mass is 9.88. The van der Waals surface area contributed by atoms with E-state index in [-0.39, 0.29) is 23.9 Å². The second kappa shape index (κ2) is 3.30. The summed E-state index contributed by atoms with van der Waals surface area (Å²) in [6.07, 6.45) is 1.87. The fourth-order valence-electron chi connectivity index (χ4n) is 1.57. The Hall–Kier alpha value is -0.790. The van der Waals surface area contributed by atoms with E-state index in [9.17, 15) is 4.79 Å². The minimum Gasteiger partial charge on any atom is -0.461 e. The van der Waals surface area contributed by atoms with E-state index >= 15 is 0 Å². The summed E-state index contributed by atoms with van der Waals surface area (Å²) >= 11 is 0. The molecule has 68 valence electrons. The molecule has 0 bridgehead atoms. The lowest BCUT2D eigenvalue weighted by Gasteiger charge is -2.18. The summed E-state index contributed by atoms with van der Waals surface area (Å²) in [5.41, 5.74) is 0. The summed E-state index contributed by atoms with van der Waals surface area (Å²) in [5, 5.41) is 0. The molecule has 0 saturated carbocycles. The molecule has 4 atom stereocenters. The number of carbonyl (C=O) groups excluding carboxylic acids is 1. The molecule has 1 saturated heterocycles. The van der Waals surface area contributed by atoms with Crippen molar-refractivity contribution in [2.24, 2.45) is 17.8 Å². The molecule has 2 heteroatoms. The van der Waals surface area contributed by atoms with Crippen molar-refractivity contribution in [3.8, 4) is 0 Å². The Labute approximate surface area is 73.6 Å². The van der Waals surface area contributed by atoms with Gasteiger partial charge in [0, 0.05) is 11.8 Å². The molecule has 0 aromatic heterocycles. The first-order chi connectivity index (χ1) is 5.57. The van der Waals surface area contributed by atoms with Crippen molar-refractivity contribution in [3.63, 3.8) is 0 Å². The second-order valence-corrected chi connectivity index (χ2v) is 3.64. The summed E-state index contributed by atoms with van der Waals surface area (Å²) in [7, 11) is 0. The van der Waals surface area contributed by atoms with E-state index in [4.69, 9.17) is 4.74 Å². The topological polar surface area (TPSA) is 26.3 Å². The maximum absolute atomic E-state index is 11.2. The summed E-state index contributed by atoms with van der Waals surface area (Å²) in [5.74, 6) is 0.540. The van der Waals surface area contributed by atoms with Gasteiger partial charge in [-0.2, -0.15) is 0 Å². The summed E-state index contributed by atoms with van der Waals surface area (Å²) in [4.78, 5) is 11.2. The molecular weight excluding hydrogens is 152 g/mol. The van der Waals surface area contributed by atoms with Crippen LogP contribution in [0, 0.1) is 17.8 Å².